The maximum Gasteiger partial charge on any atom is 0.225 e. The predicted molar refractivity (Wildman–Crippen MR) is 122 cm³/mol. The number of fused-ring (bicyclic) bond motifs is 2. The number of H-pyrrole nitrogens is 1. The fraction of sp³-hybridized carbons (Fsp3) is 0.542. The molecule has 1 aromatic heterocycles. The SMILES string of the molecule is CCC(C)C(=O)N1CC[C@@H]2[C@H]1[C@@H](c1c[nH]c3cc(F)ccc13)CN2C=O.CNCC(C)=O. The van der Waals surface area contributed by atoms with E-state index in [2.05, 4.69) is 10.3 Å². The zero-order chi connectivity index (χ0) is 23.4. The summed E-state index contributed by atoms with van der Waals surface area (Å²) >= 11 is 0. The molecule has 2 aliphatic rings. The van der Waals surface area contributed by atoms with E-state index in [0.717, 1.165) is 35.7 Å². The molecule has 32 heavy (non-hydrogen) atoms. The molecule has 1 unspecified atom stereocenters. The summed E-state index contributed by atoms with van der Waals surface area (Å²) in [5, 5.41) is 3.68. The van der Waals surface area contributed by atoms with Gasteiger partial charge in [0.25, 0.3) is 0 Å². The van der Waals surface area contributed by atoms with Crippen LogP contribution in [0.2, 0.25) is 0 Å². The number of nitrogens with one attached hydrogen (secondary N) is 2. The molecule has 4 atom stereocenters. The summed E-state index contributed by atoms with van der Waals surface area (Å²) < 4.78 is 13.5. The maximum absolute atomic E-state index is 13.5. The molecule has 174 valence electrons. The molecule has 3 heterocycles. The Labute approximate surface area is 188 Å². The molecule has 8 heteroatoms. The normalized spacial score (nSPS) is 23.0. The molecule has 2 saturated heterocycles. The molecule has 2 fully saturated rings. The first-order valence-electron chi connectivity index (χ1n) is 11.2. The van der Waals surface area contributed by atoms with Gasteiger partial charge in [-0.25, -0.2) is 4.39 Å². The van der Waals surface area contributed by atoms with Crippen molar-refractivity contribution in [2.45, 2.75) is 51.6 Å². The lowest BCUT2D eigenvalue weighted by Crippen LogP contribution is -2.43. The van der Waals surface area contributed by atoms with Crippen molar-refractivity contribution in [1.29, 1.82) is 0 Å². The van der Waals surface area contributed by atoms with Crippen molar-refractivity contribution in [2.75, 3.05) is 26.7 Å². The molecule has 2 N–H and O–H groups in total. The monoisotopic (exact) mass is 444 g/mol. The number of aromatic nitrogens is 1. The molecule has 2 aromatic rings. The first kappa shape index (κ1) is 23.9. The largest absolute Gasteiger partial charge is 0.361 e. The first-order chi connectivity index (χ1) is 15.3. The van der Waals surface area contributed by atoms with Crippen LogP contribution in [-0.2, 0) is 14.4 Å². The van der Waals surface area contributed by atoms with Gasteiger partial charge in [-0.2, -0.15) is 0 Å². The second kappa shape index (κ2) is 10.3. The standard InChI is InChI=1S/C20H24FN3O2.C4H9NO/c1-3-12(2)20(26)24-7-6-18-19(24)16(10-23(18)11-25)15-9-22-17-8-13(21)4-5-14(15)17;1-4(6)3-5-2/h4-5,8-9,11-12,16,18-19,22H,3,6-7,10H2,1-2H3;5H,3H2,1-2H3/t12?,16-,18-,19-;/m1./s1. The number of likely N-dealkylation sites (N-methyl/N-ethyl adjacent to an activating group) is 1. The highest BCUT2D eigenvalue weighted by Crippen LogP contribution is 2.43. The Morgan fingerprint density at radius 2 is 2.12 bits per heavy atom. The van der Waals surface area contributed by atoms with E-state index in [1.807, 2.05) is 29.8 Å². The van der Waals surface area contributed by atoms with Crippen molar-refractivity contribution in [2.24, 2.45) is 5.92 Å². The van der Waals surface area contributed by atoms with Gasteiger partial charge >= 0.3 is 0 Å². The Kier molecular flexibility index (Phi) is 7.66. The number of nitrogens with zero attached hydrogens (tertiary/aromatic N) is 2. The van der Waals surface area contributed by atoms with Crippen LogP contribution in [0.15, 0.2) is 24.4 Å². The highest BCUT2D eigenvalue weighted by Gasteiger charge is 2.51. The van der Waals surface area contributed by atoms with Crippen LogP contribution in [0.25, 0.3) is 10.9 Å². The van der Waals surface area contributed by atoms with Gasteiger partial charge in [-0.05, 0) is 50.6 Å². The predicted octanol–water partition coefficient (Wildman–Crippen LogP) is 2.67. The number of hydrogen-bond acceptors (Lipinski definition) is 4. The average Bonchev–Trinajstić information content (AvgIpc) is 3.46. The van der Waals surface area contributed by atoms with Gasteiger partial charge in [-0.1, -0.05) is 13.8 Å². The Balaban J connectivity index is 0.000000427. The zero-order valence-corrected chi connectivity index (χ0v) is 19.2. The third-order valence-electron chi connectivity index (χ3n) is 6.62. The van der Waals surface area contributed by atoms with Crippen molar-refractivity contribution in [1.82, 2.24) is 20.1 Å². The molecular weight excluding hydrogens is 411 g/mol. The molecule has 0 bridgehead atoms. The van der Waals surface area contributed by atoms with Crippen LogP contribution in [0.4, 0.5) is 4.39 Å². The molecule has 4 rings (SSSR count). The van der Waals surface area contributed by atoms with E-state index in [1.54, 1.807) is 20.0 Å². The van der Waals surface area contributed by atoms with Crippen LogP contribution in [0.1, 0.15) is 45.1 Å². The van der Waals surface area contributed by atoms with Gasteiger partial charge in [0, 0.05) is 42.0 Å². The number of ketones is 1. The summed E-state index contributed by atoms with van der Waals surface area (Å²) in [6.45, 7) is 7.31. The number of carbonyl (C=O) groups excluding carboxylic acids is 3. The molecule has 0 radical (unpaired) electrons. The van der Waals surface area contributed by atoms with Crippen LogP contribution in [0.3, 0.4) is 0 Å². The first-order valence-corrected chi connectivity index (χ1v) is 11.2. The quantitative estimate of drug-likeness (QED) is 0.671. The number of hydrogen-bond donors (Lipinski definition) is 2. The van der Waals surface area contributed by atoms with E-state index in [0.29, 0.717) is 19.6 Å². The lowest BCUT2D eigenvalue weighted by Gasteiger charge is -2.30. The summed E-state index contributed by atoms with van der Waals surface area (Å²) in [4.78, 5) is 41.4. The van der Waals surface area contributed by atoms with E-state index >= 15 is 0 Å². The third kappa shape index (κ3) is 4.70. The average molecular weight is 445 g/mol. The van der Waals surface area contributed by atoms with Gasteiger partial charge in [0.05, 0.1) is 18.6 Å². The van der Waals surface area contributed by atoms with Crippen molar-refractivity contribution < 1.29 is 18.8 Å². The van der Waals surface area contributed by atoms with Gasteiger partial charge in [-0.15, -0.1) is 0 Å². The summed E-state index contributed by atoms with van der Waals surface area (Å²) in [6, 6.07) is 4.78. The lowest BCUT2D eigenvalue weighted by molar-refractivity contribution is -0.136. The summed E-state index contributed by atoms with van der Waals surface area (Å²) in [5.74, 6) is 0.0944. The van der Waals surface area contributed by atoms with Crippen molar-refractivity contribution in [3.05, 3.63) is 35.8 Å². The number of Topliss-reactive ketones (excluding diaryl/α,β-unsaturated/α-hetero) is 1. The molecule has 7 nitrogen and oxygen atoms in total. The van der Waals surface area contributed by atoms with Crippen LogP contribution in [0, 0.1) is 11.7 Å². The lowest BCUT2D eigenvalue weighted by atomic mass is 9.90. The van der Waals surface area contributed by atoms with E-state index in [4.69, 9.17) is 0 Å². The Hall–Kier alpha value is -2.74. The second-order valence-electron chi connectivity index (χ2n) is 8.76. The highest BCUT2D eigenvalue weighted by atomic mass is 19.1. The fourth-order valence-electron chi connectivity index (χ4n) is 4.91. The Bertz CT molecular complexity index is 975. The van der Waals surface area contributed by atoms with Gasteiger partial charge < -0.3 is 20.1 Å². The number of aromatic amines is 1. The van der Waals surface area contributed by atoms with Crippen LogP contribution in [0.5, 0.6) is 0 Å². The summed E-state index contributed by atoms with van der Waals surface area (Å²) in [6.07, 6.45) is 4.44. The van der Waals surface area contributed by atoms with E-state index < -0.39 is 0 Å². The van der Waals surface area contributed by atoms with Gasteiger partial charge in [0.2, 0.25) is 12.3 Å². The molecule has 0 aliphatic carbocycles. The van der Waals surface area contributed by atoms with Crippen molar-refractivity contribution in [3.63, 3.8) is 0 Å². The summed E-state index contributed by atoms with van der Waals surface area (Å²) in [5.41, 5.74) is 1.81. The van der Waals surface area contributed by atoms with E-state index in [1.165, 1.54) is 12.1 Å². The van der Waals surface area contributed by atoms with Crippen molar-refractivity contribution in [3.8, 4) is 0 Å². The molecule has 0 saturated carbocycles. The molecule has 2 aliphatic heterocycles. The topological polar surface area (TPSA) is 85.5 Å². The van der Waals surface area contributed by atoms with Crippen molar-refractivity contribution >= 4 is 29.0 Å². The van der Waals surface area contributed by atoms with Gasteiger partial charge in [0.1, 0.15) is 11.6 Å². The Morgan fingerprint density at radius 3 is 2.72 bits per heavy atom. The van der Waals surface area contributed by atoms with Crippen LogP contribution in [-0.4, -0.2) is 71.6 Å². The van der Waals surface area contributed by atoms with Crippen LogP contribution < -0.4 is 5.32 Å². The minimum Gasteiger partial charge on any atom is -0.361 e. The zero-order valence-electron chi connectivity index (χ0n) is 19.2. The maximum atomic E-state index is 13.5. The van der Waals surface area contributed by atoms with Gasteiger partial charge in [-0.3, -0.25) is 14.4 Å². The smallest absolute Gasteiger partial charge is 0.225 e. The number of halogens is 1. The number of amides is 2. The molecule has 0 spiro atoms. The minimum atomic E-state index is -0.279. The number of carbonyl (C=O) groups is 3. The number of rotatable bonds is 6. The third-order valence-corrected chi connectivity index (χ3v) is 6.62. The Morgan fingerprint density at radius 1 is 1.38 bits per heavy atom. The molecule has 1 aromatic carbocycles. The van der Waals surface area contributed by atoms with E-state index in [-0.39, 0.29) is 41.4 Å². The van der Waals surface area contributed by atoms with Crippen LogP contribution >= 0.6 is 0 Å². The van der Waals surface area contributed by atoms with Gasteiger partial charge in [0.15, 0.2) is 0 Å². The minimum absolute atomic E-state index is 0.00856. The summed E-state index contributed by atoms with van der Waals surface area (Å²) in [7, 11) is 1.75. The number of likely N-dealkylation sites (tertiary alicyclic amines) is 2. The van der Waals surface area contributed by atoms with E-state index in [9.17, 15) is 18.8 Å². The highest BCUT2D eigenvalue weighted by molar-refractivity contribution is 5.85. The number of benzene rings is 1. The fourth-order valence-corrected chi connectivity index (χ4v) is 4.91. The molecule has 2 amide bonds. The second-order valence-corrected chi connectivity index (χ2v) is 8.76. The molecular formula is C24H33FN4O3.